The molecule has 0 spiro atoms. The third-order valence-corrected chi connectivity index (χ3v) is 17.9. The van der Waals surface area contributed by atoms with Crippen molar-refractivity contribution in [2.24, 2.45) is 37.5 Å². The van der Waals surface area contributed by atoms with Crippen LogP contribution in [-0.4, -0.2) is 76.3 Å². The van der Waals surface area contributed by atoms with Gasteiger partial charge in [0.2, 0.25) is 17.9 Å². The van der Waals surface area contributed by atoms with Crippen molar-refractivity contribution in [2.75, 3.05) is 0 Å². The van der Waals surface area contributed by atoms with Crippen LogP contribution in [0.3, 0.4) is 0 Å². The van der Waals surface area contributed by atoms with Crippen molar-refractivity contribution in [3.8, 4) is 0 Å². The number of aliphatic imine (C=N–C) groups is 4. The maximum absolute atomic E-state index is 12.8. The zero-order valence-corrected chi connectivity index (χ0v) is 62.0. The van der Waals surface area contributed by atoms with Gasteiger partial charge in [-0.3, -0.25) is 19.2 Å². The van der Waals surface area contributed by atoms with Gasteiger partial charge >= 0.3 is 6.18 Å². The maximum Gasteiger partial charge on any atom is 0.416 e. The van der Waals surface area contributed by atoms with Crippen LogP contribution in [-0.2, 0) is 38.2 Å². The van der Waals surface area contributed by atoms with Gasteiger partial charge in [-0.1, -0.05) is 186 Å². The van der Waals surface area contributed by atoms with Crippen molar-refractivity contribution >= 4 is 81.6 Å². The van der Waals surface area contributed by atoms with Crippen molar-refractivity contribution in [1.82, 2.24) is 50.6 Å². The van der Waals surface area contributed by atoms with Crippen molar-refractivity contribution in [1.29, 1.82) is 0 Å². The number of hydrogen-bond acceptors (Lipinski definition) is 16. The largest absolute Gasteiger partial charge is 0.416 e. The Morgan fingerprint density at radius 2 is 0.783 bits per heavy atom. The molecule has 0 saturated carbocycles. The highest BCUT2D eigenvalue weighted by atomic mass is 35.5. The Bertz CT molecular complexity index is 4850. The Balaban J connectivity index is 0.000000152. The molecule has 9 aromatic rings. The predicted octanol–water partition coefficient (Wildman–Crippen LogP) is 16.2. The average Bonchev–Trinajstić information content (AvgIpc) is 1.15. The van der Waals surface area contributed by atoms with Gasteiger partial charge in [-0.15, -0.1) is 0 Å². The molecule has 106 heavy (non-hydrogen) atoms. The van der Waals surface area contributed by atoms with Gasteiger partial charge in [-0.2, -0.15) is 28.5 Å². The topological polar surface area (TPSA) is 245 Å². The zero-order chi connectivity index (χ0) is 75.9. The monoisotopic (exact) mass is 1470 g/mol. The molecule has 19 nitrogen and oxygen atoms in total. The van der Waals surface area contributed by atoms with Crippen LogP contribution in [0.1, 0.15) is 156 Å². The van der Waals surface area contributed by atoms with Gasteiger partial charge in [0.1, 0.15) is 24.2 Å². The highest BCUT2D eigenvalue weighted by Crippen LogP contribution is 2.40. The fourth-order valence-corrected chi connectivity index (χ4v) is 13.3. The third kappa shape index (κ3) is 19.1. The number of carbonyl (C=O) groups excluding carboxylic acids is 4. The molecule has 0 aliphatic carbocycles. The van der Waals surface area contributed by atoms with Crippen molar-refractivity contribution in [3.63, 3.8) is 0 Å². The Morgan fingerprint density at radius 1 is 0.443 bits per heavy atom. The number of nitrogens with zero attached hydrogens (tertiary/aromatic N) is 10. The molecule has 0 saturated heterocycles. The quantitative estimate of drug-likeness (QED) is 0.0606. The van der Waals surface area contributed by atoms with Crippen LogP contribution >= 0.6 is 23.2 Å². The minimum Gasteiger partial charge on any atom is -0.370 e. The van der Waals surface area contributed by atoms with E-state index in [0.717, 1.165) is 81.9 Å². The normalized spacial score (nSPS) is 17.1. The number of rotatable bonds is 16. The highest BCUT2D eigenvalue weighted by molar-refractivity contribution is 6.34. The van der Waals surface area contributed by atoms with E-state index < -0.39 is 29.9 Å². The summed E-state index contributed by atoms with van der Waals surface area (Å²) >= 11 is 12.3. The molecule has 4 aliphatic rings. The van der Waals surface area contributed by atoms with E-state index >= 15 is 0 Å². The van der Waals surface area contributed by atoms with Crippen LogP contribution in [0.4, 0.5) is 13.2 Å². The minimum atomic E-state index is -4.43. The Morgan fingerprint density at radius 3 is 1.12 bits per heavy atom. The molecule has 0 radical (unpaired) electrons. The molecule has 3 aromatic heterocycles. The molecule has 6 aromatic carbocycles. The van der Waals surface area contributed by atoms with Crippen LogP contribution < -0.4 is 27.0 Å². The first-order valence-corrected chi connectivity index (χ1v) is 35.6. The Labute approximate surface area is 624 Å². The molecular formula is C82H84Cl2F3N15O4. The summed E-state index contributed by atoms with van der Waals surface area (Å²) in [6.45, 7) is 19.0. The predicted molar refractivity (Wildman–Crippen MR) is 412 cm³/mol. The summed E-state index contributed by atoms with van der Waals surface area (Å²) in [7, 11) is 0. The van der Waals surface area contributed by atoms with Crippen LogP contribution in [0.2, 0.25) is 10.0 Å². The van der Waals surface area contributed by atoms with Gasteiger partial charge < -0.3 is 27.0 Å². The van der Waals surface area contributed by atoms with Gasteiger partial charge in [0.05, 0.1) is 17.0 Å². The fourth-order valence-electron chi connectivity index (χ4n) is 12.7. The summed E-state index contributed by atoms with van der Waals surface area (Å²) in [4.78, 5) is 68.4. The minimum absolute atomic E-state index is 0.000810. The second-order valence-electron chi connectivity index (χ2n) is 26.4. The number of halogens is 5. The molecular weight excluding hydrogens is 1390 g/mol. The number of nitrogens with one attached hydrogen (secondary N) is 4. The molecule has 24 heteroatoms. The Kier molecular flexibility index (Phi) is 25.5. The molecule has 0 amide bonds. The first-order valence-electron chi connectivity index (χ1n) is 34.8. The summed E-state index contributed by atoms with van der Waals surface area (Å²) in [6, 6.07) is 49.3. The van der Waals surface area contributed by atoms with E-state index in [2.05, 4.69) is 123 Å². The number of alkyl halides is 3. The fraction of sp³-hybridized carbons (Fsp3) is 0.256. The van der Waals surface area contributed by atoms with E-state index in [0.29, 0.717) is 74.2 Å². The second kappa shape index (κ2) is 34.9. The molecule has 546 valence electrons. The summed E-state index contributed by atoms with van der Waals surface area (Å²) in [5.74, 6) is 2.88. The number of ketones is 4. The number of aromatic nitrogens is 6. The number of nitrogens with two attached hydrogens (primary N) is 1. The molecule has 6 N–H and O–H groups in total. The molecule has 0 fully saturated rings. The number of benzene rings is 6. The number of guanidine groups is 1. The lowest BCUT2D eigenvalue weighted by Crippen LogP contribution is -2.36. The van der Waals surface area contributed by atoms with Gasteiger partial charge in [-0.25, -0.2) is 34.0 Å². The number of Topliss-reactive ketones (excluding diaryl/α,β-unsaturated/α-hetero) is 4. The first-order chi connectivity index (χ1) is 50.8. The van der Waals surface area contributed by atoms with Crippen molar-refractivity contribution < 1.29 is 32.3 Å². The van der Waals surface area contributed by atoms with Crippen LogP contribution in [0.15, 0.2) is 261 Å². The van der Waals surface area contributed by atoms with Crippen LogP contribution in [0, 0.1) is 11.8 Å². The number of carbonyl (C=O) groups is 4. The lowest BCUT2D eigenvalue weighted by molar-refractivity contribution is -0.137. The summed E-state index contributed by atoms with van der Waals surface area (Å²) < 4.78 is 43.4. The van der Waals surface area contributed by atoms with E-state index in [1.807, 2.05) is 105 Å². The SMILES string of the molecule is CC(=O)C1=C(c2ccccc2)NC(N)=NC1c1ccc(C(F)(F)F)cc1.CC(=O)C1=C(c2ccccc2)NC(n2cccn2)=NC1c1ccc(CC(C)C)cc1.CCC1=C(C(C)=O)C(c2cc(Cl)cc(Cl)c2)N=C(n2cccn2)N1.CCC1=C(C(C)=O)C(c2ccc(CC(C)C)cc2)N=C(n2cccn2)N1. The molecule has 7 heterocycles. The first kappa shape index (κ1) is 77.3. The maximum atomic E-state index is 12.8. The van der Waals surface area contributed by atoms with Crippen LogP contribution in [0.5, 0.6) is 0 Å². The summed E-state index contributed by atoms with van der Waals surface area (Å²) in [5.41, 5.74) is 18.0. The average molecular weight is 1470 g/mol. The van der Waals surface area contributed by atoms with E-state index in [1.165, 1.54) is 30.2 Å². The smallest absolute Gasteiger partial charge is 0.370 e. The second-order valence-corrected chi connectivity index (χ2v) is 27.2. The molecule has 4 aliphatic heterocycles. The summed E-state index contributed by atoms with van der Waals surface area (Å²) in [6.07, 6.45) is 9.63. The lowest BCUT2D eigenvalue weighted by Gasteiger charge is -2.27. The van der Waals surface area contributed by atoms with Gasteiger partial charge in [0.25, 0.3) is 0 Å². The third-order valence-electron chi connectivity index (χ3n) is 17.5. The standard InChI is InChI=1S/C25H26N4O.C21H26N4O.C19H16F3N3O.C17H16Cl2N4O/c1-17(2)16-19-10-12-21(13-11-19)24-22(18(3)30)23(20-8-5-4-6-9-20)27-25(28-24)29-15-7-14-26-29;1-5-18-19(15(4)26)20(24-21(23-18)25-12-6-11-22-25)17-9-7-16(8-10-17)13-14(2)3;1-11(26)15-16(12-5-3-2-4-6-12)24-18(23)25-17(15)13-7-9-14(10-8-13)19(20,21)22;1-3-14-15(10(2)24)16(11-7-12(18)9-13(19)8-11)22-17(21-14)23-6-4-5-20-23/h4-15,17,24H,16H2,1-3H3,(H,27,28);6-12,14,20H,5,13H2,1-4H3,(H,23,24);2-10,17H,1H3,(H3,23,24,25);4-9,16H,3H2,1-2H3,(H,21,22). The molecule has 0 bridgehead atoms. The lowest BCUT2D eigenvalue weighted by atomic mass is 9.90. The zero-order valence-electron chi connectivity index (χ0n) is 60.5. The van der Waals surface area contributed by atoms with E-state index in [4.69, 9.17) is 38.9 Å². The van der Waals surface area contributed by atoms with E-state index in [1.54, 1.807) is 77.8 Å². The van der Waals surface area contributed by atoms with Gasteiger partial charge in [0.15, 0.2) is 29.1 Å². The molecule has 4 atom stereocenters. The van der Waals surface area contributed by atoms with Crippen molar-refractivity contribution in [3.05, 3.63) is 301 Å². The summed E-state index contributed by atoms with van der Waals surface area (Å²) in [5, 5.41) is 26.6. The molecule has 13 rings (SSSR count). The Hall–Kier alpha value is -11.4. The highest BCUT2D eigenvalue weighted by Gasteiger charge is 2.35. The van der Waals surface area contributed by atoms with Gasteiger partial charge in [0, 0.05) is 80.9 Å². The number of allylic oxidation sites excluding steroid dienone is 2. The van der Waals surface area contributed by atoms with E-state index in [9.17, 15) is 32.3 Å². The van der Waals surface area contributed by atoms with Crippen molar-refractivity contribution in [2.45, 2.75) is 125 Å². The van der Waals surface area contributed by atoms with Gasteiger partial charge in [-0.05, 0) is 158 Å². The molecule has 4 unspecified atom stereocenters. The number of hydrogen-bond donors (Lipinski definition) is 5. The van der Waals surface area contributed by atoms with Crippen LogP contribution in [0.25, 0.3) is 11.4 Å². The van der Waals surface area contributed by atoms with E-state index in [-0.39, 0.29) is 35.1 Å².